The fourth-order valence-corrected chi connectivity index (χ4v) is 3.01. The summed E-state index contributed by atoms with van der Waals surface area (Å²) in [7, 11) is 0. The molecular formula is C12H16N2OS. The maximum atomic E-state index is 12.0. The molecule has 0 radical (unpaired) electrons. The fourth-order valence-electron chi connectivity index (χ4n) is 1.89. The highest BCUT2D eigenvalue weighted by Gasteiger charge is 2.14. The van der Waals surface area contributed by atoms with Crippen LogP contribution in [0.1, 0.15) is 43.0 Å². The maximum absolute atomic E-state index is 12.0. The summed E-state index contributed by atoms with van der Waals surface area (Å²) < 4.78 is 0. The molecule has 2 heterocycles. The first kappa shape index (κ1) is 11.3. The molecule has 0 aliphatic heterocycles. The molecule has 2 aromatic rings. The summed E-state index contributed by atoms with van der Waals surface area (Å²) in [6.45, 7) is 8.20. The van der Waals surface area contributed by atoms with E-state index in [0.29, 0.717) is 0 Å². The second kappa shape index (κ2) is 4.01. The van der Waals surface area contributed by atoms with E-state index in [4.69, 9.17) is 0 Å². The molecule has 0 aromatic carbocycles. The van der Waals surface area contributed by atoms with Gasteiger partial charge in [0.2, 0.25) is 0 Å². The Bertz CT molecular complexity index is 580. The van der Waals surface area contributed by atoms with Crippen molar-refractivity contribution in [3.05, 3.63) is 26.6 Å². The lowest BCUT2D eigenvalue weighted by Crippen LogP contribution is -2.12. The molecule has 1 N–H and O–H groups in total. The van der Waals surface area contributed by atoms with Gasteiger partial charge in [0.1, 0.15) is 10.7 Å². The monoisotopic (exact) mass is 236 g/mol. The van der Waals surface area contributed by atoms with Gasteiger partial charge < -0.3 is 4.98 Å². The summed E-state index contributed by atoms with van der Waals surface area (Å²) in [5.74, 6) is 1.03. The van der Waals surface area contributed by atoms with Crippen LogP contribution in [0.25, 0.3) is 10.2 Å². The molecule has 0 aliphatic rings. The van der Waals surface area contributed by atoms with Crippen LogP contribution in [-0.2, 0) is 6.42 Å². The van der Waals surface area contributed by atoms with Crippen LogP contribution in [0.3, 0.4) is 0 Å². The van der Waals surface area contributed by atoms with E-state index in [-0.39, 0.29) is 11.5 Å². The second-order valence-corrected chi connectivity index (χ2v) is 5.48. The minimum Gasteiger partial charge on any atom is -0.310 e. The third-order valence-corrected chi connectivity index (χ3v) is 3.82. The molecule has 2 rings (SSSR count). The minimum absolute atomic E-state index is 0.00917. The zero-order chi connectivity index (χ0) is 11.9. The van der Waals surface area contributed by atoms with E-state index in [1.165, 1.54) is 4.88 Å². The molecule has 4 heteroatoms. The summed E-state index contributed by atoms with van der Waals surface area (Å²) >= 11 is 1.62. The number of aromatic nitrogens is 2. The molecule has 0 saturated heterocycles. The highest BCUT2D eigenvalue weighted by molar-refractivity contribution is 7.18. The minimum atomic E-state index is 0.00917. The van der Waals surface area contributed by atoms with Gasteiger partial charge in [-0.05, 0) is 18.9 Å². The molecule has 0 spiro atoms. The molecule has 86 valence electrons. The van der Waals surface area contributed by atoms with Gasteiger partial charge in [0, 0.05) is 10.8 Å². The summed E-state index contributed by atoms with van der Waals surface area (Å²) in [6.07, 6.45) is 0.887. The molecule has 2 aromatic heterocycles. The molecular weight excluding hydrogens is 220 g/mol. The Hall–Kier alpha value is -1.16. The Labute approximate surface area is 98.5 Å². The maximum Gasteiger partial charge on any atom is 0.259 e. The second-order valence-electron chi connectivity index (χ2n) is 4.28. The highest BCUT2D eigenvalue weighted by Crippen LogP contribution is 2.27. The van der Waals surface area contributed by atoms with Gasteiger partial charge in [0.05, 0.1) is 5.39 Å². The zero-order valence-electron chi connectivity index (χ0n) is 10.0. The molecule has 0 aliphatic carbocycles. The van der Waals surface area contributed by atoms with Gasteiger partial charge >= 0.3 is 0 Å². The van der Waals surface area contributed by atoms with Crippen LogP contribution in [-0.4, -0.2) is 9.97 Å². The summed E-state index contributed by atoms with van der Waals surface area (Å²) in [5, 5.41) is 0.786. The van der Waals surface area contributed by atoms with Crippen molar-refractivity contribution in [2.45, 2.75) is 40.0 Å². The number of aryl methyl sites for hydroxylation is 2. The Morgan fingerprint density at radius 2 is 2.12 bits per heavy atom. The van der Waals surface area contributed by atoms with Crippen LogP contribution in [0.5, 0.6) is 0 Å². The smallest absolute Gasteiger partial charge is 0.259 e. The van der Waals surface area contributed by atoms with E-state index in [2.05, 4.69) is 23.8 Å². The zero-order valence-corrected chi connectivity index (χ0v) is 10.9. The fraction of sp³-hybridized carbons (Fsp3) is 0.500. The number of aromatic amines is 1. The molecule has 0 fully saturated rings. The third kappa shape index (κ3) is 1.67. The molecule has 0 saturated carbocycles. The number of rotatable bonds is 2. The van der Waals surface area contributed by atoms with Crippen LogP contribution < -0.4 is 5.56 Å². The van der Waals surface area contributed by atoms with Gasteiger partial charge in [-0.3, -0.25) is 4.79 Å². The van der Waals surface area contributed by atoms with Crippen LogP contribution in [0.4, 0.5) is 0 Å². The SMILES string of the molecule is CCc1c(C)sc2nc(C(C)C)[nH]c(=O)c12. The summed E-state index contributed by atoms with van der Waals surface area (Å²) in [4.78, 5) is 21.5. The highest BCUT2D eigenvalue weighted by atomic mass is 32.1. The van der Waals surface area contributed by atoms with E-state index >= 15 is 0 Å². The quantitative estimate of drug-likeness (QED) is 0.871. The predicted octanol–water partition coefficient (Wildman–Crippen LogP) is 2.98. The largest absolute Gasteiger partial charge is 0.310 e. The van der Waals surface area contributed by atoms with Crippen LogP contribution in [0.2, 0.25) is 0 Å². The number of nitrogens with zero attached hydrogens (tertiary/aromatic N) is 1. The molecule has 0 amide bonds. The van der Waals surface area contributed by atoms with E-state index in [0.717, 1.165) is 28.0 Å². The first-order chi connectivity index (χ1) is 7.54. The molecule has 0 atom stereocenters. The van der Waals surface area contributed by atoms with Gasteiger partial charge in [0.25, 0.3) is 5.56 Å². The molecule has 0 bridgehead atoms. The van der Waals surface area contributed by atoms with Crippen molar-refractivity contribution in [3.8, 4) is 0 Å². The van der Waals surface area contributed by atoms with Gasteiger partial charge in [-0.2, -0.15) is 0 Å². The summed E-state index contributed by atoms with van der Waals surface area (Å²) in [5.41, 5.74) is 1.15. The van der Waals surface area contributed by atoms with Gasteiger partial charge in [-0.15, -0.1) is 11.3 Å². The van der Waals surface area contributed by atoms with Gasteiger partial charge in [-0.25, -0.2) is 4.98 Å². The normalized spacial score (nSPS) is 11.6. The lowest BCUT2D eigenvalue weighted by atomic mass is 10.1. The molecule has 0 unspecified atom stereocenters. The van der Waals surface area contributed by atoms with Gasteiger partial charge in [-0.1, -0.05) is 20.8 Å². The Morgan fingerprint density at radius 1 is 1.44 bits per heavy atom. The Morgan fingerprint density at radius 3 is 2.69 bits per heavy atom. The number of fused-ring (bicyclic) bond motifs is 1. The van der Waals surface area contributed by atoms with E-state index in [1.807, 2.05) is 13.8 Å². The lowest BCUT2D eigenvalue weighted by molar-refractivity contribution is 0.777. The molecule has 3 nitrogen and oxygen atoms in total. The number of hydrogen-bond acceptors (Lipinski definition) is 3. The van der Waals surface area contributed by atoms with Gasteiger partial charge in [0.15, 0.2) is 0 Å². The number of H-pyrrole nitrogens is 1. The summed E-state index contributed by atoms with van der Waals surface area (Å²) in [6, 6.07) is 0. The van der Waals surface area contributed by atoms with E-state index in [9.17, 15) is 4.79 Å². The predicted molar refractivity (Wildman–Crippen MR) is 68.4 cm³/mol. The average Bonchev–Trinajstić information content (AvgIpc) is 2.53. The van der Waals surface area contributed by atoms with E-state index in [1.54, 1.807) is 11.3 Å². The van der Waals surface area contributed by atoms with Crippen molar-refractivity contribution in [1.82, 2.24) is 9.97 Å². The standard InChI is InChI=1S/C12H16N2OS/c1-5-8-7(4)16-12-9(8)11(15)13-10(14-12)6(2)3/h6H,5H2,1-4H3,(H,13,14,15). The first-order valence-corrected chi connectivity index (χ1v) is 6.38. The number of thiophene rings is 1. The van der Waals surface area contributed by atoms with Crippen molar-refractivity contribution in [2.75, 3.05) is 0 Å². The van der Waals surface area contributed by atoms with Crippen molar-refractivity contribution in [1.29, 1.82) is 0 Å². The van der Waals surface area contributed by atoms with E-state index < -0.39 is 0 Å². The topological polar surface area (TPSA) is 45.8 Å². The van der Waals surface area contributed by atoms with Crippen molar-refractivity contribution >= 4 is 21.6 Å². The number of hydrogen-bond donors (Lipinski definition) is 1. The number of nitrogens with one attached hydrogen (secondary N) is 1. The molecule has 16 heavy (non-hydrogen) atoms. The third-order valence-electron chi connectivity index (χ3n) is 2.78. The Kier molecular flexibility index (Phi) is 2.84. The van der Waals surface area contributed by atoms with Crippen molar-refractivity contribution in [3.63, 3.8) is 0 Å². The van der Waals surface area contributed by atoms with Crippen molar-refractivity contribution < 1.29 is 0 Å². The average molecular weight is 236 g/mol. The lowest BCUT2D eigenvalue weighted by Gasteiger charge is -2.03. The Balaban J connectivity index is 2.81. The van der Waals surface area contributed by atoms with Crippen LogP contribution in [0, 0.1) is 6.92 Å². The first-order valence-electron chi connectivity index (χ1n) is 5.56. The van der Waals surface area contributed by atoms with Crippen molar-refractivity contribution in [2.24, 2.45) is 0 Å². The van der Waals surface area contributed by atoms with Crippen LogP contribution >= 0.6 is 11.3 Å². The van der Waals surface area contributed by atoms with Crippen LogP contribution in [0.15, 0.2) is 4.79 Å².